The molecule has 0 aliphatic carbocycles. The molecule has 8 nitrogen and oxygen atoms in total. The predicted octanol–water partition coefficient (Wildman–Crippen LogP) is 1.83. The summed E-state index contributed by atoms with van der Waals surface area (Å²) in [6.45, 7) is -5.75. The molecule has 8 heteroatoms. The SMILES string of the molecule is [2H]C1([2H])C(C(=O)NOC2CCCCO2)C2(OCCO2)C([2H])([2H])N(Cc2ccc(OC)cc2)C1([2H])[2H]. The first kappa shape index (κ1) is 14.3. The third kappa shape index (κ3) is 4.90. The largest absolute Gasteiger partial charge is 0.497 e. The van der Waals surface area contributed by atoms with E-state index in [1.807, 2.05) is 0 Å². The van der Waals surface area contributed by atoms with Gasteiger partial charge in [-0.05, 0) is 43.4 Å². The average molecular weight is 413 g/mol. The van der Waals surface area contributed by atoms with Gasteiger partial charge in [0.25, 0.3) is 5.91 Å². The van der Waals surface area contributed by atoms with Crippen LogP contribution in [0, 0.1) is 5.92 Å². The smallest absolute Gasteiger partial charge is 0.252 e. The van der Waals surface area contributed by atoms with E-state index in [0.29, 0.717) is 29.2 Å². The Kier molecular flexibility index (Phi) is 4.64. The molecule has 3 heterocycles. The second kappa shape index (κ2) is 9.40. The monoisotopic (exact) mass is 412 g/mol. The highest BCUT2D eigenvalue weighted by Gasteiger charge is 2.51. The van der Waals surface area contributed by atoms with Gasteiger partial charge in [-0.1, -0.05) is 12.1 Å². The Morgan fingerprint density at radius 1 is 1.28 bits per heavy atom. The summed E-state index contributed by atoms with van der Waals surface area (Å²) in [6, 6.07) is 6.53. The number of benzene rings is 1. The van der Waals surface area contributed by atoms with E-state index in [2.05, 4.69) is 5.48 Å². The number of hydrogen-bond donors (Lipinski definition) is 1. The van der Waals surface area contributed by atoms with E-state index in [0.717, 1.165) is 12.8 Å². The number of hydroxylamine groups is 1. The third-order valence-electron chi connectivity index (χ3n) is 4.92. The minimum atomic E-state index is -2.95. The molecule has 3 aliphatic heterocycles. The summed E-state index contributed by atoms with van der Waals surface area (Å²) in [5.74, 6) is -4.98. The van der Waals surface area contributed by atoms with Crippen molar-refractivity contribution in [2.75, 3.05) is 39.9 Å². The normalized spacial score (nSPS) is 35.3. The molecule has 0 radical (unpaired) electrons. The van der Waals surface area contributed by atoms with Crippen molar-refractivity contribution in [1.82, 2.24) is 10.4 Å². The molecule has 3 saturated heterocycles. The fraction of sp³-hybridized carbons (Fsp3) is 0.667. The van der Waals surface area contributed by atoms with Gasteiger partial charge in [0, 0.05) is 27.8 Å². The number of rotatable bonds is 6. The molecule has 29 heavy (non-hydrogen) atoms. The number of likely N-dealkylation sites (tertiary alicyclic amines) is 1. The van der Waals surface area contributed by atoms with Crippen molar-refractivity contribution in [2.24, 2.45) is 5.92 Å². The highest BCUT2D eigenvalue weighted by atomic mass is 16.8. The van der Waals surface area contributed by atoms with Gasteiger partial charge in [-0.15, -0.1) is 0 Å². The number of amides is 1. The topological polar surface area (TPSA) is 78.5 Å². The van der Waals surface area contributed by atoms with Crippen molar-refractivity contribution in [1.29, 1.82) is 0 Å². The molecule has 1 aromatic rings. The Labute approximate surface area is 179 Å². The maximum atomic E-state index is 13.3. The summed E-state index contributed by atoms with van der Waals surface area (Å²) in [7, 11) is 1.50. The van der Waals surface area contributed by atoms with Crippen molar-refractivity contribution < 1.29 is 36.8 Å². The minimum Gasteiger partial charge on any atom is -0.497 e. The number of ether oxygens (including phenoxy) is 4. The Hall–Kier alpha value is -1.71. The standard InChI is InChI=1S/C21H30N2O6/c1-25-17-7-5-16(6-8-17)14-23-10-9-18(21(15-23)27-12-13-28-21)20(24)22-29-19-4-2-3-11-26-19/h5-8,18-19H,2-4,9-15H2,1H3,(H,22,24)/i9D2,10D2,15D2. The molecule has 1 aromatic carbocycles. The van der Waals surface area contributed by atoms with Crippen LogP contribution in [0.3, 0.4) is 0 Å². The van der Waals surface area contributed by atoms with Crippen LogP contribution in [0.25, 0.3) is 0 Å². The Bertz CT molecular complexity index is 906. The van der Waals surface area contributed by atoms with Crippen LogP contribution in [0.5, 0.6) is 5.75 Å². The molecule has 1 N–H and O–H groups in total. The van der Waals surface area contributed by atoms with Crippen LogP contribution in [0.1, 0.15) is 39.4 Å². The number of piperidine rings is 1. The van der Waals surface area contributed by atoms with E-state index in [4.69, 9.17) is 32.0 Å². The molecule has 3 fully saturated rings. The molecule has 3 aliphatic rings. The van der Waals surface area contributed by atoms with Gasteiger partial charge < -0.3 is 18.9 Å². The zero-order valence-corrected chi connectivity index (χ0v) is 16.3. The van der Waals surface area contributed by atoms with E-state index in [-0.39, 0.29) is 19.8 Å². The minimum absolute atomic E-state index is 0.0919. The fourth-order valence-electron chi connectivity index (χ4n) is 3.40. The zero-order valence-electron chi connectivity index (χ0n) is 22.3. The van der Waals surface area contributed by atoms with Crippen LogP contribution >= 0.6 is 0 Å². The van der Waals surface area contributed by atoms with Crippen LogP contribution < -0.4 is 10.2 Å². The van der Waals surface area contributed by atoms with E-state index >= 15 is 0 Å². The Morgan fingerprint density at radius 3 is 2.76 bits per heavy atom. The quantitative estimate of drug-likeness (QED) is 0.714. The molecule has 1 spiro atoms. The van der Waals surface area contributed by atoms with Gasteiger partial charge in [-0.3, -0.25) is 9.69 Å². The Morgan fingerprint density at radius 2 is 2.07 bits per heavy atom. The van der Waals surface area contributed by atoms with Crippen LogP contribution in [-0.4, -0.2) is 62.8 Å². The molecule has 4 rings (SSSR count). The lowest BCUT2D eigenvalue weighted by Gasteiger charge is -2.43. The van der Waals surface area contributed by atoms with Crippen molar-refractivity contribution in [3.63, 3.8) is 0 Å². The maximum absolute atomic E-state index is 13.3. The van der Waals surface area contributed by atoms with Crippen molar-refractivity contribution >= 4 is 5.91 Å². The highest BCUT2D eigenvalue weighted by Crippen LogP contribution is 2.36. The molecular weight excluding hydrogens is 376 g/mol. The first-order valence-corrected chi connectivity index (χ1v) is 9.73. The molecule has 1 amide bonds. The summed E-state index contributed by atoms with van der Waals surface area (Å²) in [5, 5.41) is 0. The van der Waals surface area contributed by atoms with E-state index in [1.54, 1.807) is 24.3 Å². The third-order valence-corrected chi connectivity index (χ3v) is 4.92. The van der Waals surface area contributed by atoms with Gasteiger partial charge in [0.05, 0.1) is 32.7 Å². The summed E-state index contributed by atoms with van der Waals surface area (Å²) in [4.78, 5) is 19.3. The van der Waals surface area contributed by atoms with Crippen LogP contribution in [0.2, 0.25) is 0 Å². The maximum Gasteiger partial charge on any atom is 0.252 e. The predicted molar refractivity (Wildman–Crippen MR) is 104 cm³/mol. The molecule has 2 atom stereocenters. The average Bonchev–Trinajstić information content (AvgIpc) is 3.32. The molecule has 0 aromatic heterocycles. The molecule has 0 saturated carbocycles. The summed E-state index contributed by atoms with van der Waals surface area (Å²) in [5.41, 5.74) is 2.65. The van der Waals surface area contributed by atoms with E-state index in [9.17, 15) is 4.79 Å². The number of hydrogen-bond acceptors (Lipinski definition) is 7. The number of methoxy groups -OCH3 is 1. The first-order valence-electron chi connectivity index (χ1n) is 12.7. The van der Waals surface area contributed by atoms with E-state index in [1.165, 1.54) is 7.11 Å². The van der Waals surface area contributed by atoms with Crippen LogP contribution in [0.4, 0.5) is 0 Å². The van der Waals surface area contributed by atoms with Crippen LogP contribution in [0.15, 0.2) is 24.3 Å². The first-order chi connectivity index (χ1) is 16.5. The van der Waals surface area contributed by atoms with Gasteiger partial charge in [0.2, 0.25) is 0 Å². The number of nitrogens with one attached hydrogen (secondary N) is 1. The number of carbonyl (C=O) groups excluding carboxylic acids is 1. The number of carbonyl (C=O) groups is 1. The Balaban J connectivity index is 1.67. The van der Waals surface area contributed by atoms with E-state index < -0.39 is 43.3 Å². The van der Waals surface area contributed by atoms with Crippen molar-refractivity contribution in [2.45, 2.75) is 44.3 Å². The van der Waals surface area contributed by atoms with Gasteiger partial charge in [-0.2, -0.15) is 0 Å². The second-order valence-corrected chi connectivity index (χ2v) is 6.98. The van der Waals surface area contributed by atoms with Gasteiger partial charge >= 0.3 is 0 Å². The molecule has 160 valence electrons. The van der Waals surface area contributed by atoms with Crippen LogP contribution in [-0.2, 0) is 30.4 Å². The fourth-order valence-corrected chi connectivity index (χ4v) is 3.40. The molecular formula is C21H30N2O6. The summed E-state index contributed by atoms with van der Waals surface area (Å²) in [6.07, 6.45) is -1.48. The number of nitrogens with zero attached hydrogens (tertiary/aromatic N) is 1. The second-order valence-electron chi connectivity index (χ2n) is 6.98. The van der Waals surface area contributed by atoms with Gasteiger partial charge in [-0.25, -0.2) is 10.3 Å². The summed E-state index contributed by atoms with van der Waals surface area (Å²) < 4.78 is 74.4. The zero-order chi connectivity index (χ0) is 25.5. The molecule has 2 unspecified atom stereocenters. The van der Waals surface area contributed by atoms with Gasteiger partial charge in [0.1, 0.15) is 5.75 Å². The highest BCUT2D eigenvalue weighted by molar-refractivity contribution is 5.79. The van der Waals surface area contributed by atoms with Crippen molar-refractivity contribution in [3.8, 4) is 5.75 Å². The lowest BCUT2D eigenvalue weighted by molar-refractivity contribution is -0.236. The van der Waals surface area contributed by atoms with Crippen molar-refractivity contribution in [3.05, 3.63) is 29.8 Å². The lowest BCUT2D eigenvalue weighted by Crippen LogP contribution is -2.59. The lowest BCUT2D eigenvalue weighted by atomic mass is 9.89. The van der Waals surface area contributed by atoms with Gasteiger partial charge in [0.15, 0.2) is 12.1 Å². The molecule has 0 bridgehead atoms. The summed E-state index contributed by atoms with van der Waals surface area (Å²) >= 11 is 0.